The Labute approximate surface area is 105 Å². The highest BCUT2D eigenvalue weighted by atomic mass is 32.2. The Kier molecular flexibility index (Phi) is 4.15. The molecule has 2 fully saturated rings. The first-order valence-electron chi connectivity index (χ1n) is 6.02. The van der Waals surface area contributed by atoms with Gasteiger partial charge in [-0.05, 0) is 13.3 Å². The van der Waals surface area contributed by atoms with E-state index in [0.717, 1.165) is 18.7 Å². The molecule has 0 radical (unpaired) electrons. The molecule has 2 amide bonds. The molecule has 2 aliphatic rings. The summed E-state index contributed by atoms with van der Waals surface area (Å²) in [5.74, 6) is 0.793. The van der Waals surface area contributed by atoms with Gasteiger partial charge in [-0.3, -0.25) is 4.79 Å². The molecule has 2 rings (SSSR count). The van der Waals surface area contributed by atoms with Crippen molar-refractivity contribution in [3.8, 4) is 0 Å². The number of amides is 2. The van der Waals surface area contributed by atoms with Crippen molar-refractivity contribution in [2.24, 2.45) is 0 Å². The Morgan fingerprint density at radius 2 is 2.35 bits per heavy atom. The van der Waals surface area contributed by atoms with Gasteiger partial charge in [0.1, 0.15) is 0 Å². The van der Waals surface area contributed by atoms with Crippen LogP contribution in [0.5, 0.6) is 0 Å². The summed E-state index contributed by atoms with van der Waals surface area (Å²) in [5.41, 5.74) is 0. The number of thioether (sulfide) groups is 1. The number of nitrogens with one attached hydrogen (secondary N) is 1. The van der Waals surface area contributed by atoms with Crippen LogP contribution in [0.25, 0.3) is 0 Å². The van der Waals surface area contributed by atoms with E-state index in [0.29, 0.717) is 24.4 Å². The van der Waals surface area contributed by atoms with Crippen molar-refractivity contribution in [2.75, 3.05) is 25.4 Å². The van der Waals surface area contributed by atoms with E-state index in [1.807, 2.05) is 16.7 Å². The lowest BCUT2D eigenvalue weighted by atomic mass is 10.2. The van der Waals surface area contributed by atoms with E-state index >= 15 is 0 Å². The zero-order chi connectivity index (χ0) is 12.3. The maximum absolute atomic E-state index is 11.8. The first-order chi connectivity index (χ1) is 8.20. The zero-order valence-corrected chi connectivity index (χ0v) is 10.8. The average Bonchev–Trinajstić information content (AvgIpc) is 2.90. The van der Waals surface area contributed by atoms with Crippen LogP contribution in [0.3, 0.4) is 0 Å². The second-order valence-corrected chi connectivity index (χ2v) is 5.62. The maximum atomic E-state index is 11.8. The van der Waals surface area contributed by atoms with E-state index in [1.165, 1.54) is 0 Å². The molecule has 2 heterocycles. The highest BCUT2D eigenvalue weighted by Gasteiger charge is 2.40. The third-order valence-corrected chi connectivity index (χ3v) is 4.46. The molecule has 6 heteroatoms. The van der Waals surface area contributed by atoms with Gasteiger partial charge in [-0.25, -0.2) is 4.79 Å². The molecule has 5 nitrogen and oxygen atoms in total. The maximum Gasteiger partial charge on any atom is 0.317 e. The third kappa shape index (κ3) is 3.06. The second kappa shape index (κ2) is 5.62. The summed E-state index contributed by atoms with van der Waals surface area (Å²) in [4.78, 5) is 24.8. The van der Waals surface area contributed by atoms with Crippen molar-refractivity contribution in [1.29, 1.82) is 0 Å². The molecule has 0 aromatic carbocycles. The average molecular weight is 258 g/mol. The number of carbonyl (C=O) groups excluding carboxylic acids is 2. The minimum absolute atomic E-state index is 0.0397. The number of carbonyl (C=O) groups is 2. The number of ether oxygens (including phenoxy) is 1. The number of fused-ring (bicyclic) bond motifs is 2. The summed E-state index contributed by atoms with van der Waals surface area (Å²) in [6.45, 7) is 3.37. The third-order valence-electron chi connectivity index (χ3n) is 3.07. The Morgan fingerprint density at radius 1 is 1.53 bits per heavy atom. The minimum atomic E-state index is -0.258. The van der Waals surface area contributed by atoms with Gasteiger partial charge in [-0.1, -0.05) is 0 Å². The van der Waals surface area contributed by atoms with Crippen LogP contribution in [0.15, 0.2) is 0 Å². The Balaban J connectivity index is 1.66. The van der Waals surface area contributed by atoms with Crippen LogP contribution in [0.2, 0.25) is 0 Å². The van der Waals surface area contributed by atoms with Crippen molar-refractivity contribution in [1.82, 2.24) is 10.2 Å². The predicted molar refractivity (Wildman–Crippen MR) is 66.0 cm³/mol. The van der Waals surface area contributed by atoms with Gasteiger partial charge in [-0.2, -0.15) is 11.8 Å². The van der Waals surface area contributed by atoms with E-state index < -0.39 is 0 Å². The topological polar surface area (TPSA) is 58.6 Å². The fourth-order valence-electron chi connectivity index (χ4n) is 2.25. The van der Waals surface area contributed by atoms with Crippen molar-refractivity contribution in [2.45, 2.75) is 31.1 Å². The molecule has 0 aromatic rings. The number of rotatable bonds is 4. The molecule has 0 saturated carbocycles. The van der Waals surface area contributed by atoms with Crippen LogP contribution in [-0.2, 0) is 9.53 Å². The SMILES string of the molecule is CCOC(=O)CCNC(=O)N1CC2CC1CS2. The first-order valence-corrected chi connectivity index (χ1v) is 7.07. The molecule has 2 bridgehead atoms. The molecule has 0 spiro atoms. The molecular weight excluding hydrogens is 240 g/mol. The lowest BCUT2D eigenvalue weighted by Crippen LogP contribution is -2.45. The number of nitrogens with zero attached hydrogens (tertiary/aromatic N) is 1. The van der Waals surface area contributed by atoms with Crippen LogP contribution < -0.4 is 5.32 Å². The Morgan fingerprint density at radius 3 is 2.94 bits per heavy atom. The van der Waals surface area contributed by atoms with E-state index in [4.69, 9.17) is 4.74 Å². The Bertz CT molecular complexity index is 311. The van der Waals surface area contributed by atoms with Crippen LogP contribution in [0.1, 0.15) is 19.8 Å². The molecule has 0 aliphatic carbocycles. The molecule has 2 saturated heterocycles. The molecule has 2 atom stereocenters. The van der Waals surface area contributed by atoms with Crippen LogP contribution in [0.4, 0.5) is 4.79 Å². The van der Waals surface area contributed by atoms with Crippen LogP contribution >= 0.6 is 11.8 Å². The van der Waals surface area contributed by atoms with Gasteiger partial charge < -0.3 is 15.0 Å². The van der Waals surface area contributed by atoms with Gasteiger partial charge in [0.05, 0.1) is 13.0 Å². The number of hydrogen-bond acceptors (Lipinski definition) is 4. The monoisotopic (exact) mass is 258 g/mol. The second-order valence-electron chi connectivity index (χ2n) is 4.28. The van der Waals surface area contributed by atoms with Crippen molar-refractivity contribution >= 4 is 23.8 Å². The van der Waals surface area contributed by atoms with Gasteiger partial charge in [-0.15, -0.1) is 0 Å². The molecule has 96 valence electrons. The van der Waals surface area contributed by atoms with Crippen molar-refractivity contribution in [3.63, 3.8) is 0 Å². The van der Waals surface area contributed by atoms with Gasteiger partial charge in [0.2, 0.25) is 0 Å². The van der Waals surface area contributed by atoms with Gasteiger partial charge >= 0.3 is 12.0 Å². The van der Waals surface area contributed by atoms with E-state index in [1.54, 1.807) is 6.92 Å². The highest BCUT2D eigenvalue weighted by Crippen LogP contribution is 2.37. The van der Waals surface area contributed by atoms with Crippen molar-refractivity contribution < 1.29 is 14.3 Å². The molecule has 2 unspecified atom stereocenters. The lowest BCUT2D eigenvalue weighted by molar-refractivity contribution is -0.142. The molecular formula is C11H18N2O3S. The standard InChI is InChI=1S/C11H18N2O3S/c1-2-16-10(14)3-4-12-11(15)13-6-9-5-8(13)7-17-9/h8-9H,2-7H2,1H3,(H,12,15). The fraction of sp³-hybridized carbons (Fsp3) is 0.818. The molecule has 2 aliphatic heterocycles. The number of hydrogen-bond donors (Lipinski definition) is 1. The number of esters is 1. The summed E-state index contributed by atoms with van der Waals surface area (Å²) < 4.78 is 4.79. The summed E-state index contributed by atoms with van der Waals surface area (Å²) in [6.07, 6.45) is 1.37. The van der Waals surface area contributed by atoms with Crippen molar-refractivity contribution in [3.05, 3.63) is 0 Å². The minimum Gasteiger partial charge on any atom is -0.466 e. The summed E-state index contributed by atoms with van der Waals surface area (Å²) in [6, 6.07) is 0.356. The Hall–Kier alpha value is -0.910. The largest absolute Gasteiger partial charge is 0.466 e. The van der Waals surface area contributed by atoms with Gasteiger partial charge in [0, 0.05) is 30.1 Å². The summed E-state index contributed by atoms with van der Waals surface area (Å²) in [5, 5.41) is 3.40. The van der Waals surface area contributed by atoms with Gasteiger partial charge in [0.15, 0.2) is 0 Å². The first kappa shape index (κ1) is 12.5. The quantitative estimate of drug-likeness (QED) is 0.759. The van der Waals surface area contributed by atoms with E-state index in [9.17, 15) is 9.59 Å². The summed E-state index contributed by atoms with van der Waals surface area (Å²) in [7, 11) is 0. The van der Waals surface area contributed by atoms with Crippen LogP contribution in [0, 0.1) is 0 Å². The molecule has 1 N–H and O–H groups in total. The number of likely N-dealkylation sites (tertiary alicyclic amines) is 1. The highest BCUT2D eigenvalue weighted by molar-refractivity contribution is 8.00. The summed E-state index contributed by atoms with van der Waals surface area (Å²) >= 11 is 1.95. The predicted octanol–water partition coefficient (Wildman–Crippen LogP) is 0.839. The van der Waals surface area contributed by atoms with Gasteiger partial charge in [0.25, 0.3) is 0 Å². The normalized spacial score (nSPS) is 26.1. The smallest absolute Gasteiger partial charge is 0.317 e. The zero-order valence-electron chi connectivity index (χ0n) is 9.98. The lowest BCUT2D eigenvalue weighted by Gasteiger charge is -2.26. The van der Waals surface area contributed by atoms with E-state index in [2.05, 4.69) is 5.32 Å². The number of urea groups is 1. The van der Waals surface area contributed by atoms with E-state index in [-0.39, 0.29) is 18.4 Å². The fourth-order valence-corrected chi connectivity index (χ4v) is 3.69. The molecule has 17 heavy (non-hydrogen) atoms. The van der Waals surface area contributed by atoms with Crippen LogP contribution in [-0.4, -0.2) is 53.6 Å². The molecule has 0 aromatic heterocycles.